The van der Waals surface area contributed by atoms with E-state index >= 15 is 0 Å². The normalized spacial score (nSPS) is 12.4. The van der Waals surface area contributed by atoms with Gasteiger partial charge in [0.25, 0.3) is 0 Å². The number of nitrogens with zero attached hydrogens (tertiary/aromatic N) is 3. The molecule has 0 spiro atoms. The molecule has 0 amide bonds. The van der Waals surface area contributed by atoms with Crippen LogP contribution in [0.2, 0.25) is 0 Å². The molecule has 0 saturated carbocycles. The van der Waals surface area contributed by atoms with E-state index < -0.39 is 0 Å². The molecule has 0 aliphatic heterocycles. The lowest BCUT2D eigenvalue weighted by Crippen LogP contribution is -2.13. The van der Waals surface area contributed by atoms with Crippen LogP contribution in [0.4, 0.5) is 0 Å². The third-order valence-corrected chi connectivity index (χ3v) is 2.98. The Morgan fingerprint density at radius 3 is 3.05 bits per heavy atom. The molecule has 0 radical (unpaired) electrons. The van der Waals surface area contributed by atoms with Crippen LogP contribution >= 0.6 is 0 Å². The van der Waals surface area contributed by atoms with Crippen LogP contribution in [0.3, 0.4) is 0 Å². The summed E-state index contributed by atoms with van der Waals surface area (Å²) in [6.07, 6.45) is 6.40. The van der Waals surface area contributed by atoms with Gasteiger partial charge in [-0.3, -0.25) is 4.68 Å². The van der Waals surface area contributed by atoms with Gasteiger partial charge in [0.15, 0.2) is 5.75 Å². The SMILES string of the molecule is CCCn1cc(Oc2ncccc2C(C)NC)cn1. The first-order valence-electron chi connectivity index (χ1n) is 6.57. The Labute approximate surface area is 113 Å². The van der Waals surface area contributed by atoms with Crippen molar-refractivity contribution < 1.29 is 4.74 Å². The molecule has 5 heteroatoms. The zero-order valence-corrected chi connectivity index (χ0v) is 11.6. The maximum absolute atomic E-state index is 5.83. The Bertz CT molecular complexity index is 524. The predicted octanol–water partition coefficient (Wildman–Crippen LogP) is 2.76. The highest BCUT2D eigenvalue weighted by Crippen LogP contribution is 2.26. The van der Waals surface area contributed by atoms with Crippen molar-refractivity contribution >= 4 is 0 Å². The van der Waals surface area contributed by atoms with Gasteiger partial charge in [-0.15, -0.1) is 0 Å². The van der Waals surface area contributed by atoms with E-state index in [0.29, 0.717) is 5.88 Å². The van der Waals surface area contributed by atoms with E-state index in [1.165, 1.54) is 0 Å². The van der Waals surface area contributed by atoms with Crippen LogP contribution in [0, 0.1) is 0 Å². The zero-order valence-electron chi connectivity index (χ0n) is 11.6. The second-order valence-electron chi connectivity index (χ2n) is 4.45. The van der Waals surface area contributed by atoms with Crippen LogP contribution < -0.4 is 10.1 Å². The lowest BCUT2D eigenvalue weighted by Gasteiger charge is -2.14. The number of aryl methyl sites for hydroxylation is 1. The van der Waals surface area contributed by atoms with Crippen molar-refractivity contribution in [1.82, 2.24) is 20.1 Å². The molecule has 0 aromatic carbocycles. The molecule has 2 heterocycles. The van der Waals surface area contributed by atoms with Crippen LogP contribution in [-0.2, 0) is 6.54 Å². The quantitative estimate of drug-likeness (QED) is 0.867. The highest BCUT2D eigenvalue weighted by atomic mass is 16.5. The van der Waals surface area contributed by atoms with Gasteiger partial charge in [0.05, 0.1) is 12.4 Å². The van der Waals surface area contributed by atoms with E-state index in [1.54, 1.807) is 12.4 Å². The van der Waals surface area contributed by atoms with Gasteiger partial charge in [-0.2, -0.15) is 5.10 Å². The Morgan fingerprint density at radius 1 is 1.47 bits per heavy atom. The highest BCUT2D eigenvalue weighted by Gasteiger charge is 2.12. The van der Waals surface area contributed by atoms with Crippen molar-refractivity contribution in [3.05, 3.63) is 36.3 Å². The number of hydrogen-bond acceptors (Lipinski definition) is 4. The van der Waals surface area contributed by atoms with Crippen LogP contribution in [0.5, 0.6) is 11.6 Å². The van der Waals surface area contributed by atoms with Crippen molar-refractivity contribution in [3.63, 3.8) is 0 Å². The molecule has 2 rings (SSSR count). The summed E-state index contributed by atoms with van der Waals surface area (Å²) >= 11 is 0. The van der Waals surface area contributed by atoms with E-state index in [1.807, 2.05) is 30.1 Å². The summed E-state index contributed by atoms with van der Waals surface area (Å²) in [6.45, 7) is 5.09. The molecule has 0 saturated heterocycles. The summed E-state index contributed by atoms with van der Waals surface area (Å²) in [7, 11) is 1.92. The molecule has 1 N–H and O–H groups in total. The zero-order chi connectivity index (χ0) is 13.7. The topological polar surface area (TPSA) is 52.0 Å². The van der Waals surface area contributed by atoms with E-state index in [4.69, 9.17) is 4.74 Å². The van der Waals surface area contributed by atoms with Gasteiger partial charge in [0.2, 0.25) is 5.88 Å². The maximum Gasteiger partial charge on any atom is 0.224 e. The molecule has 2 aromatic rings. The molecule has 5 nitrogen and oxygen atoms in total. The number of hydrogen-bond donors (Lipinski definition) is 1. The van der Waals surface area contributed by atoms with Gasteiger partial charge in [-0.05, 0) is 26.5 Å². The summed E-state index contributed by atoms with van der Waals surface area (Å²) in [5, 5.41) is 7.44. The molecule has 0 bridgehead atoms. The fraction of sp³-hybridized carbons (Fsp3) is 0.429. The standard InChI is InChI=1S/C14H20N4O/c1-4-8-18-10-12(9-17-18)19-14-13(11(2)15-3)6-5-7-16-14/h5-7,9-11,15H,4,8H2,1-3H3. The monoisotopic (exact) mass is 260 g/mol. The molecule has 19 heavy (non-hydrogen) atoms. The fourth-order valence-electron chi connectivity index (χ4n) is 1.83. The van der Waals surface area contributed by atoms with Crippen molar-refractivity contribution in [2.45, 2.75) is 32.9 Å². The van der Waals surface area contributed by atoms with Gasteiger partial charge < -0.3 is 10.1 Å². The first kappa shape index (κ1) is 13.5. The Balaban J connectivity index is 2.17. The van der Waals surface area contributed by atoms with Gasteiger partial charge in [0.1, 0.15) is 0 Å². The second-order valence-corrected chi connectivity index (χ2v) is 4.45. The summed E-state index contributed by atoms with van der Waals surface area (Å²) in [4.78, 5) is 4.30. The van der Waals surface area contributed by atoms with Gasteiger partial charge in [-0.1, -0.05) is 13.0 Å². The molecule has 0 aliphatic carbocycles. The molecule has 2 aromatic heterocycles. The number of nitrogens with one attached hydrogen (secondary N) is 1. The number of rotatable bonds is 6. The van der Waals surface area contributed by atoms with Crippen molar-refractivity contribution in [1.29, 1.82) is 0 Å². The largest absolute Gasteiger partial charge is 0.435 e. The first-order valence-corrected chi connectivity index (χ1v) is 6.57. The summed E-state index contributed by atoms with van der Waals surface area (Å²) < 4.78 is 7.70. The van der Waals surface area contributed by atoms with Crippen LogP contribution in [0.15, 0.2) is 30.7 Å². The van der Waals surface area contributed by atoms with Gasteiger partial charge in [0, 0.05) is 24.3 Å². The third-order valence-electron chi connectivity index (χ3n) is 2.98. The molecule has 1 atom stereocenters. The summed E-state index contributed by atoms with van der Waals surface area (Å²) in [5.74, 6) is 1.34. The minimum Gasteiger partial charge on any atom is -0.435 e. The van der Waals surface area contributed by atoms with Crippen LogP contribution in [0.1, 0.15) is 31.9 Å². The first-order chi connectivity index (χ1) is 9.24. The average Bonchev–Trinajstić information content (AvgIpc) is 2.86. The Kier molecular flexibility index (Phi) is 4.52. The molecule has 0 fully saturated rings. The van der Waals surface area contributed by atoms with E-state index in [2.05, 4.69) is 29.2 Å². The van der Waals surface area contributed by atoms with Crippen molar-refractivity contribution in [2.75, 3.05) is 7.05 Å². The Hall–Kier alpha value is -1.88. The van der Waals surface area contributed by atoms with Crippen molar-refractivity contribution in [3.8, 4) is 11.6 Å². The average molecular weight is 260 g/mol. The maximum atomic E-state index is 5.83. The lowest BCUT2D eigenvalue weighted by atomic mass is 10.1. The van der Waals surface area contributed by atoms with E-state index in [-0.39, 0.29) is 6.04 Å². The third kappa shape index (κ3) is 3.32. The number of aromatic nitrogens is 3. The lowest BCUT2D eigenvalue weighted by molar-refractivity contribution is 0.445. The summed E-state index contributed by atoms with van der Waals surface area (Å²) in [5.41, 5.74) is 1.04. The molecular weight excluding hydrogens is 240 g/mol. The molecular formula is C14H20N4O. The molecule has 0 aliphatic rings. The highest BCUT2D eigenvalue weighted by molar-refractivity contribution is 5.32. The minimum absolute atomic E-state index is 0.189. The molecule has 1 unspecified atom stereocenters. The number of ether oxygens (including phenoxy) is 1. The Morgan fingerprint density at radius 2 is 2.32 bits per heavy atom. The predicted molar refractivity (Wildman–Crippen MR) is 74.3 cm³/mol. The number of pyridine rings is 1. The summed E-state index contributed by atoms with van der Waals surface area (Å²) in [6, 6.07) is 4.12. The van der Waals surface area contributed by atoms with Gasteiger partial charge in [-0.25, -0.2) is 4.98 Å². The minimum atomic E-state index is 0.189. The fourth-order valence-corrected chi connectivity index (χ4v) is 1.83. The van der Waals surface area contributed by atoms with E-state index in [9.17, 15) is 0 Å². The second kappa shape index (κ2) is 6.33. The van der Waals surface area contributed by atoms with Gasteiger partial charge >= 0.3 is 0 Å². The van der Waals surface area contributed by atoms with Crippen molar-refractivity contribution in [2.24, 2.45) is 0 Å². The van der Waals surface area contributed by atoms with Crippen LogP contribution in [-0.4, -0.2) is 21.8 Å². The van der Waals surface area contributed by atoms with Crippen LogP contribution in [0.25, 0.3) is 0 Å². The molecule has 102 valence electrons. The van der Waals surface area contributed by atoms with E-state index in [0.717, 1.165) is 24.3 Å². The smallest absolute Gasteiger partial charge is 0.224 e.